The molecule has 3 atom stereocenters. The Kier molecular flexibility index (Phi) is 5.98. The number of nitrogens with zero attached hydrogens (tertiary/aromatic N) is 2. The quantitative estimate of drug-likeness (QED) is 0.741. The predicted octanol–water partition coefficient (Wildman–Crippen LogP) is 4.22. The number of likely N-dealkylation sites (tertiary alicyclic amines) is 2. The van der Waals surface area contributed by atoms with Crippen molar-refractivity contribution in [2.75, 3.05) is 13.1 Å². The van der Waals surface area contributed by atoms with Gasteiger partial charge in [-0.15, -0.1) is 0 Å². The fourth-order valence-corrected chi connectivity index (χ4v) is 4.82. The topological polar surface area (TPSA) is 40.6 Å². The normalized spacial score (nSPS) is 22.9. The van der Waals surface area contributed by atoms with Crippen LogP contribution in [0.25, 0.3) is 0 Å². The van der Waals surface area contributed by atoms with Gasteiger partial charge in [0.2, 0.25) is 11.8 Å². The number of aryl methyl sites for hydroxylation is 1. The lowest BCUT2D eigenvalue weighted by Gasteiger charge is -2.28. The van der Waals surface area contributed by atoms with Crippen molar-refractivity contribution < 1.29 is 9.59 Å². The molecule has 4 rings (SSSR count). The van der Waals surface area contributed by atoms with Crippen LogP contribution in [-0.4, -0.2) is 40.7 Å². The summed E-state index contributed by atoms with van der Waals surface area (Å²) in [5, 5.41) is 0. The van der Waals surface area contributed by atoms with E-state index in [4.69, 9.17) is 0 Å². The van der Waals surface area contributed by atoms with E-state index in [-0.39, 0.29) is 23.8 Å². The molecule has 0 bridgehead atoms. The number of amides is 2. The minimum Gasteiger partial charge on any atom is -0.339 e. The minimum absolute atomic E-state index is 0.00829. The molecule has 0 radical (unpaired) electrons. The smallest absolute Gasteiger partial charge is 0.228 e. The molecular formula is C25H30N2O2. The Morgan fingerprint density at radius 1 is 1.07 bits per heavy atom. The molecule has 152 valence electrons. The van der Waals surface area contributed by atoms with E-state index in [1.807, 2.05) is 41.3 Å². The molecule has 2 aromatic carbocycles. The van der Waals surface area contributed by atoms with Crippen LogP contribution in [0.1, 0.15) is 49.8 Å². The monoisotopic (exact) mass is 390 g/mol. The number of carbonyl (C=O) groups is 2. The van der Waals surface area contributed by atoms with Crippen molar-refractivity contribution in [3.8, 4) is 0 Å². The molecule has 0 N–H and O–H groups in total. The van der Waals surface area contributed by atoms with Crippen molar-refractivity contribution in [2.45, 2.75) is 51.1 Å². The summed E-state index contributed by atoms with van der Waals surface area (Å²) in [6, 6.07) is 20.9. The van der Waals surface area contributed by atoms with Gasteiger partial charge in [-0.1, -0.05) is 60.7 Å². The molecule has 2 aliphatic heterocycles. The summed E-state index contributed by atoms with van der Waals surface area (Å²) in [6.07, 6.45) is 4.48. The number of hydrogen-bond acceptors (Lipinski definition) is 2. The molecule has 2 heterocycles. The summed E-state index contributed by atoms with van der Waals surface area (Å²) in [4.78, 5) is 29.9. The fraction of sp³-hybridized carbons (Fsp3) is 0.440. The summed E-state index contributed by atoms with van der Waals surface area (Å²) < 4.78 is 0. The third kappa shape index (κ3) is 4.36. The second kappa shape index (κ2) is 8.81. The van der Waals surface area contributed by atoms with Crippen molar-refractivity contribution in [2.24, 2.45) is 5.92 Å². The van der Waals surface area contributed by atoms with Gasteiger partial charge in [0.15, 0.2) is 0 Å². The highest BCUT2D eigenvalue weighted by Gasteiger charge is 2.41. The highest BCUT2D eigenvalue weighted by Crippen LogP contribution is 2.32. The van der Waals surface area contributed by atoms with E-state index in [0.29, 0.717) is 19.0 Å². The van der Waals surface area contributed by atoms with Gasteiger partial charge in [0.25, 0.3) is 0 Å². The Bertz CT molecular complexity index is 836. The number of hydrogen-bond donors (Lipinski definition) is 0. The molecule has 2 aromatic rings. The summed E-state index contributed by atoms with van der Waals surface area (Å²) in [7, 11) is 0. The molecule has 0 saturated carbocycles. The first-order valence-corrected chi connectivity index (χ1v) is 10.8. The highest BCUT2D eigenvalue weighted by molar-refractivity contribution is 5.89. The predicted molar refractivity (Wildman–Crippen MR) is 114 cm³/mol. The maximum atomic E-state index is 13.3. The summed E-state index contributed by atoms with van der Waals surface area (Å²) in [6.45, 7) is 3.42. The van der Waals surface area contributed by atoms with Crippen LogP contribution in [0.2, 0.25) is 0 Å². The van der Waals surface area contributed by atoms with Crippen molar-refractivity contribution in [3.05, 3.63) is 71.8 Å². The van der Waals surface area contributed by atoms with Crippen LogP contribution in [0.15, 0.2) is 60.7 Å². The van der Waals surface area contributed by atoms with Crippen molar-refractivity contribution in [3.63, 3.8) is 0 Å². The van der Waals surface area contributed by atoms with Gasteiger partial charge in [-0.2, -0.15) is 0 Å². The summed E-state index contributed by atoms with van der Waals surface area (Å²) in [5.41, 5.74) is 2.45. The molecule has 4 heteroatoms. The van der Waals surface area contributed by atoms with Crippen LogP contribution >= 0.6 is 0 Å². The van der Waals surface area contributed by atoms with Crippen LogP contribution in [0.4, 0.5) is 0 Å². The van der Waals surface area contributed by atoms with Crippen LogP contribution in [0, 0.1) is 5.92 Å². The van der Waals surface area contributed by atoms with Gasteiger partial charge < -0.3 is 9.80 Å². The van der Waals surface area contributed by atoms with E-state index in [1.54, 1.807) is 0 Å². The molecule has 2 aliphatic rings. The molecule has 0 aliphatic carbocycles. The van der Waals surface area contributed by atoms with Gasteiger partial charge in [-0.25, -0.2) is 0 Å². The molecule has 0 spiro atoms. The minimum atomic E-state index is -0.203. The number of benzene rings is 2. The van der Waals surface area contributed by atoms with Gasteiger partial charge in [-0.05, 0) is 43.7 Å². The second-order valence-electron chi connectivity index (χ2n) is 8.39. The van der Waals surface area contributed by atoms with E-state index in [9.17, 15) is 9.59 Å². The zero-order valence-electron chi connectivity index (χ0n) is 17.2. The Balaban J connectivity index is 1.38. The average Bonchev–Trinajstić information content (AvgIpc) is 3.39. The van der Waals surface area contributed by atoms with Crippen molar-refractivity contribution in [1.82, 2.24) is 9.80 Å². The van der Waals surface area contributed by atoms with Crippen LogP contribution in [0.3, 0.4) is 0 Å². The number of rotatable bonds is 6. The van der Waals surface area contributed by atoms with E-state index in [1.165, 1.54) is 5.56 Å². The summed E-state index contributed by atoms with van der Waals surface area (Å²) in [5.74, 6) is 0.0717. The summed E-state index contributed by atoms with van der Waals surface area (Å²) >= 11 is 0. The lowest BCUT2D eigenvalue weighted by molar-refractivity contribution is -0.136. The van der Waals surface area contributed by atoms with Gasteiger partial charge in [-0.3, -0.25) is 9.59 Å². The molecule has 2 amide bonds. The average molecular weight is 391 g/mol. The van der Waals surface area contributed by atoms with E-state index in [2.05, 4.69) is 36.1 Å². The SMILES string of the molecule is CC(c1ccccc1)N1CC(C(=O)N2CCCC2CCc2ccccc2)CC1=O. The standard InChI is InChI=1S/C25H30N2O2/c1-19(21-11-6-3-7-12-21)27-18-22(17-24(27)28)25(29)26-16-8-13-23(26)15-14-20-9-4-2-5-10-20/h2-7,9-12,19,22-23H,8,13-18H2,1H3. The molecule has 29 heavy (non-hydrogen) atoms. The van der Waals surface area contributed by atoms with E-state index < -0.39 is 0 Å². The fourth-order valence-electron chi connectivity index (χ4n) is 4.82. The first kappa shape index (κ1) is 19.7. The van der Waals surface area contributed by atoms with Gasteiger partial charge >= 0.3 is 0 Å². The Morgan fingerprint density at radius 3 is 2.48 bits per heavy atom. The van der Waals surface area contributed by atoms with E-state index >= 15 is 0 Å². The van der Waals surface area contributed by atoms with E-state index in [0.717, 1.165) is 37.8 Å². The maximum Gasteiger partial charge on any atom is 0.228 e. The Morgan fingerprint density at radius 2 is 1.76 bits per heavy atom. The zero-order chi connectivity index (χ0) is 20.2. The van der Waals surface area contributed by atoms with Crippen LogP contribution in [0.5, 0.6) is 0 Å². The maximum absolute atomic E-state index is 13.3. The molecule has 0 aromatic heterocycles. The van der Waals surface area contributed by atoms with Gasteiger partial charge in [0.1, 0.15) is 0 Å². The van der Waals surface area contributed by atoms with Gasteiger partial charge in [0, 0.05) is 25.6 Å². The molecule has 3 unspecified atom stereocenters. The molecule has 2 fully saturated rings. The number of carbonyl (C=O) groups excluding carboxylic acids is 2. The zero-order valence-corrected chi connectivity index (χ0v) is 17.2. The molecule has 4 nitrogen and oxygen atoms in total. The Hall–Kier alpha value is -2.62. The third-order valence-electron chi connectivity index (χ3n) is 6.53. The third-order valence-corrected chi connectivity index (χ3v) is 6.53. The first-order valence-electron chi connectivity index (χ1n) is 10.8. The first-order chi connectivity index (χ1) is 14.1. The highest BCUT2D eigenvalue weighted by atomic mass is 16.2. The van der Waals surface area contributed by atoms with Gasteiger partial charge in [0.05, 0.1) is 12.0 Å². The van der Waals surface area contributed by atoms with Crippen molar-refractivity contribution >= 4 is 11.8 Å². The van der Waals surface area contributed by atoms with Crippen molar-refractivity contribution in [1.29, 1.82) is 0 Å². The lowest BCUT2D eigenvalue weighted by atomic mass is 10.0. The lowest BCUT2D eigenvalue weighted by Crippen LogP contribution is -2.41. The Labute approximate surface area is 173 Å². The molecule has 2 saturated heterocycles. The van der Waals surface area contributed by atoms with Crippen LogP contribution in [-0.2, 0) is 16.0 Å². The van der Waals surface area contributed by atoms with Crippen LogP contribution < -0.4 is 0 Å². The second-order valence-corrected chi connectivity index (χ2v) is 8.39. The largest absolute Gasteiger partial charge is 0.339 e. The molecular weight excluding hydrogens is 360 g/mol.